The first kappa shape index (κ1) is 12.4. The first-order valence-corrected chi connectivity index (χ1v) is 5.00. The first-order valence-electron chi connectivity index (χ1n) is 5.00. The molecule has 1 aliphatic heterocycles. The highest BCUT2D eigenvalue weighted by Crippen LogP contribution is 2.26. The van der Waals surface area contributed by atoms with E-state index in [0.717, 1.165) is 6.20 Å². The number of hydrogen-bond acceptors (Lipinski definition) is 3. The van der Waals surface area contributed by atoms with E-state index in [9.17, 15) is 22.8 Å². The summed E-state index contributed by atoms with van der Waals surface area (Å²) in [5, 5.41) is 8.72. The lowest BCUT2D eigenvalue weighted by Crippen LogP contribution is -2.45. The number of anilines is 1. The van der Waals surface area contributed by atoms with Crippen LogP contribution in [0.3, 0.4) is 0 Å². The third kappa shape index (κ3) is 2.03. The molecule has 0 fully saturated rings. The fourth-order valence-corrected chi connectivity index (χ4v) is 1.73. The van der Waals surface area contributed by atoms with E-state index in [1.807, 2.05) is 0 Å². The van der Waals surface area contributed by atoms with E-state index in [0.29, 0.717) is 17.9 Å². The van der Waals surface area contributed by atoms with Crippen LogP contribution in [-0.4, -0.2) is 39.3 Å². The molecule has 0 spiro atoms. The lowest BCUT2D eigenvalue weighted by Gasteiger charge is -2.27. The monoisotopic (exact) mass is 263 g/mol. The molecule has 0 radical (unpaired) electrons. The Balaban J connectivity index is 2.39. The van der Waals surface area contributed by atoms with Crippen LogP contribution in [0.4, 0.5) is 19.1 Å². The van der Waals surface area contributed by atoms with Crippen LogP contribution in [-0.2, 0) is 11.3 Å². The lowest BCUT2D eigenvalue weighted by atomic mass is 10.3. The van der Waals surface area contributed by atoms with Crippen molar-refractivity contribution in [2.75, 3.05) is 11.4 Å². The van der Waals surface area contributed by atoms with E-state index >= 15 is 0 Å². The number of alkyl halides is 3. The highest BCUT2D eigenvalue weighted by molar-refractivity contribution is 5.96. The van der Waals surface area contributed by atoms with Crippen LogP contribution in [0.5, 0.6) is 0 Å². The lowest BCUT2D eigenvalue weighted by molar-refractivity contribution is -0.170. The number of carbonyl (C=O) groups is 2. The molecule has 0 saturated carbocycles. The summed E-state index contributed by atoms with van der Waals surface area (Å²) in [7, 11) is 0. The van der Waals surface area contributed by atoms with Gasteiger partial charge in [-0.05, 0) is 6.42 Å². The maximum Gasteiger partial charge on any atom is 0.471 e. The van der Waals surface area contributed by atoms with Gasteiger partial charge in [-0.15, -0.1) is 0 Å². The van der Waals surface area contributed by atoms with Gasteiger partial charge in [0.1, 0.15) is 0 Å². The van der Waals surface area contributed by atoms with Gasteiger partial charge < -0.3 is 9.67 Å². The molecule has 6 nitrogen and oxygen atoms in total. The van der Waals surface area contributed by atoms with Crippen molar-refractivity contribution in [2.24, 2.45) is 0 Å². The maximum atomic E-state index is 12.3. The van der Waals surface area contributed by atoms with Gasteiger partial charge in [-0.1, -0.05) is 0 Å². The number of aromatic carboxylic acids is 1. The second-order valence-corrected chi connectivity index (χ2v) is 3.73. The number of aryl methyl sites for hydroxylation is 1. The molecular weight excluding hydrogens is 255 g/mol. The topological polar surface area (TPSA) is 75.4 Å². The Hall–Kier alpha value is -2.06. The number of fused-ring (bicyclic) bond motifs is 1. The molecule has 1 aromatic rings. The molecule has 0 bridgehead atoms. The standard InChI is InChI=1S/C9H8F3N3O3/c10-9(11,12)7(18)15-3-1-2-14-4-5(6(16)17)13-8(14)15/h4H,1-3H2,(H,16,17). The first-order chi connectivity index (χ1) is 8.30. The van der Waals surface area contributed by atoms with Gasteiger partial charge in [-0.25, -0.2) is 9.78 Å². The largest absolute Gasteiger partial charge is 0.476 e. The summed E-state index contributed by atoms with van der Waals surface area (Å²) in [6, 6.07) is 0. The number of amides is 1. The number of carboxylic acids is 1. The van der Waals surface area contributed by atoms with Gasteiger partial charge in [0.25, 0.3) is 0 Å². The Labute approximate surface area is 98.6 Å². The number of rotatable bonds is 1. The molecule has 1 aliphatic rings. The van der Waals surface area contributed by atoms with Crippen LogP contribution in [0, 0.1) is 0 Å². The molecule has 0 unspecified atom stereocenters. The predicted octanol–water partition coefficient (Wildman–Crippen LogP) is 0.880. The average molecular weight is 263 g/mol. The molecule has 1 N–H and O–H groups in total. The number of halogens is 3. The number of aromatic nitrogens is 2. The van der Waals surface area contributed by atoms with Gasteiger partial charge >= 0.3 is 18.1 Å². The molecule has 0 aliphatic carbocycles. The van der Waals surface area contributed by atoms with Crippen LogP contribution in [0.1, 0.15) is 16.9 Å². The SMILES string of the molecule is O=C(O)c1cn2c(n1)N(C(=O)C(F)(F)F)CCC2. The van der Waals surface area contributed by atoms with Gasteiger partial charge in [0.15, 0.2) is 5.69 Å². The van der Waals surface area contributed by atoms with Crippen molar-refractivity contribution < 1.29 is 27.9 Å². The molecule has 2 heterocycles. The summed E-state index contributed by atoms with van der Waals surface area (Å²) in [6.45, 7) is 0.200. The molecule has 2 rings (SSSR count). The van der Waals surface area contributed by atoms with Crippen LogP contribution < -0.4 is 4.90 Å². The molecule has 98 valence electrons. The Bertz CT molecular complexity index is 509. The van der Waals surface area contributed by atoms with Gasteiger partial charge in [0.2, 0.25) is 5.95 Å². The average Bonchev–Trinajstić information content (AvgIpc) is 2.70. The fraction of sp³-hybridized carbons (Fsp3) is 0.444. The highest BCUT2D eigenvalue weighted by Gasteiger charge is 2.45. The van der Waals surface area contributed by atoms with E-state index in [2.05, 4.69) is 4.98 Å². The molecule has 0 saturated heterocycles. The van der Waals surface area contributed by atoms with Crippen molar-refractivity contribution in [1.29, 1.82) is 0 Å². The molecule has 0 atom stereocenters. The minimum absolute atomic E-state index is 0.131. The van der Waals surface area contributed by atoms with Gasteiger partial charge in [0.05, 0.1) is 0 Å². The third-order valence-corrected chi connectivity index (χ3v) is 2.48. The number of carbonyl (C=O) groups excluding carboxylic acids is 1. The zero-order valence-corrected chi connectivity index (χ0v) is 8.94. The van der Waals surface area contributed by atoms with Crippen molar-refractivity contribution in [3.63, 3.8) is 0 Å². The van der Waals surface area contributed by atoms with Gasteiger partial charge in [-0.2, -0.15) is 13.2 Å². The van der Waals surface area contributed by atoms with Crippen LogP contribution in [0.25, 0.3) is 0 Å². The second-order valence-electron chi connectivity index (χ2n) is 3.73. The van der Waals surface area contributed by atoms with Crippen molar-refractivity contribution in [3.05, 3.63) is 11.9 Å². The summed E-state index contributed by atoms with van der Waals surface area (Å²) in [5.74, 6) is -3.66. The summed E-state index contributed by atoms with van der Waals surface area (Å²) < 4.78 is 38.3. The third-order valence-electron chi connectivity index (χ3n) is 2.48. The predicted molar refractivity (Wildman–Crippen MR) is 52.2 cm³/mol. The summed E-state index contributed by atoms with van der Waals surface area (Å²) in [5.41, 5.74) is -0.383. The quantitative estimate of drug-likeness (QED) is 0.816. The summed E-state index contributed by atoms with van der Waals surface area (Å²) >= 11 is 0. The van der Waals surface area contributed by atoms with Crippen molar-refractivity contribution in [1.82, 2.24) is 9.55 Å². The summed E-state index contributed by atoms with van der Waals surface area (Å²) in [4.78, 5) is 25.8. The Morgan fingerprint density at radius 2 is 2.00 bits per heavy atom. The van der Waals surface area contributed by atoms with Gasteiger partial charge in [-0.3, -0.25) is 9.69 Å². The molecular formula is C9H8F3N3O3. The van der Waals surface area contributed by atoms with E-state index in [1.165, 1.54) is 4.57 Å². The van der Waals surface area contributed by atoms with Gasteiger partial charge in [0, 0.05) is 19.3 Å². The molecule has 18 heavy (non-hydrogen) atoms. The fourth-order valence-electron chi connectivity index (χ4n) is 1.73. The molecule has 1 aromatic heterocycles. The highest BCUT2D eigenvalue weighted by atomic mass is 19.4. The van der Waals surface area contributed by atoms with E-state index in [4.69, 9.17) is 5.11 Å². The number of hydrogen-bond donors (Lipinski definition) is 1. The number of imidazole rings is 1. The normalized spacial score (nSPS) is 15.4. The van der Waals surface area contributed by atoms with Crippen LogP contribution >= 0.6 is 0 Å². The Morgan fingerprint density at radius 3 is 2.56 bits per heavy atom. The maximum absolute atomic E-state index is 12.3. The summed E-state index contributed by atoms with van der Waals surface area (Å²) in [6.07, 6.45) is -3.57. The van der Waals surface area contributed by atoms with Crippen molar-refractivity contribution >= 4 is 17.8 Å². The van der Waals surface area contributed by atoms with E-state index in [-0.39, 0.29) is 18.2 Å². The zero-order valence-electron chi connectivity index (χ0n) is 8.94. The van der Waals surface area contributed by atoms with E-state index < -0.39 is 18.1 Å². The molecule has 0 aromatic carbocycles. The Kier molecular flexibility index (Phi) is 2.76. The minimum atomic E-state index is -5.00. The zero-order chi connectivity index (χ0) is 13.5. The van der Waals surface area contributed by atoms with Crippen molar-refractivity contribution in [2.45, 2.75) is 19.1 Å². The second kappa shape index (κ2) is 4.00. The number of carboxylic acid groups (broad SMARTS) is 1. The molecule has 1 amide bonds. The Morgan fingerprint density at radius 1 is 1.33 bits per heavy atom. The van der Waals surface area contributed by atoms with Crippen LogP contribution in [0.15, 0.2) is 6.20 Å². The van der Waals surface area contributed by atoms with Crippen molar-refractivity contribution in [3.8, 4) is 0 Å². The van der Waals surface area contributed by atoms with E-state index in [1.54, 1.807) is 0 Å². The van der Waals surface area contributed by atoms with Crippen LogP contribution in [0.2, 0.25) is 0 Å². The minimum Gasteiger partial charge on any atom is -0.476 e. The molecule has 9 heteroatoms. The smallest absolute Gasteiger partial charge is 0.471 e. The number of nitrogens with zero attached hydrogens (tertiary/aromatic N) is 3.